The minimum absolute atomic E-state index is 0.0548. The van der Waals surface area contributed by atoms with Crippen molar-refractivity contribution < 1.29 is 9.59 Å². The van der Waals surface area contributed by atoms with Crippen molar-refractivity contribution in [3.63, 3.8) is 0 Å². The van der Waals surface area contributed by atoms with Gasteiger partial charge < -0.3 is 10.2 Å². The third kappa shape index (κ3) is 7.30. The van der Waals surface area contributed by atoms with Gasteiger partial charge in [-0.1, -0.05) is 6.92 Å². The SMILES string of the molecule is CCCNC(=O)CN(C)C(=O)CN(C)CC#N. The molecular weight excluding hydrogens is 220 g/mol. The van der Waals surface area contributed by atoms with Gasteiger partial charge in [0.25, 0.3) is 0 Å². The Hall–Kier alpha value is -1.61. The quantitative estimate of drug-likeness (QED) is 0.604. The van der Waals surface area contributed by atoms with Gasteiger partial charge in [0.15, 0.2) is 0 Å². The summed E-state index contributed by atoms with van der Waals surface area (Å²) in [5.41, 5.74) is 0. The minimum Gasteiger partial charge on any atom is -0.355 e. The van der Waals surface area contributed by atoms with E-state index in [1.807, 2.05) is 13.0 Å². The van der Waals surface area contributed by atoms with E-state index in [0.29, 0.717) is 6.54 Å². The van der Waals surface area contributed by atoms with Crippen LogP contribution in [0.5, 0.6) is 0 Å². The zero-order valence-corrected chi connectivity index (χ0v) is 10.7. The van der Waals surface area contributed by atoms with Gasteiger partial charge in [-0.2, -0.15) is 5.26 Å². The third-order valence-corrected chi connectivity index (χ3v) is 2.12. The van der Waals surface area contributed by atoms with Gasteiger partial charge >= 0.3 is 0 Å². The number of carbonyl (C=O) groups is 2. The Labute approximate surface area is 102 Å². The van der Waals surface area contributed by atoms with Crippen LogP contribution < -0.4 is 5.32 Å². The molecule has 0 heterocycles. The molecule has 0 aliphatic rings. The summed E-state index contributed by atoms with van der Waals surface area (Å²) < 4.78 is 0. The first kappa shape index (κ1) is 15.4. The van der Waals surface area contributed by atoms with Gasteiger partial charge in [0.2, 0.25) is 11.8 Å². The second kappa shape index (κ2) is 8.53. The van der Waals surface area contributed by atoms with E-state index in [0.717, 1.165) is 6.42 Å². The van der Waals surface area contributed by atoms with E-state index in [1.54, 1.807) is 19.0 Å². The predicted octanol–water partition coefficient (Wildman–Crippen LogP) is -0.574. The molecular formula is C11H20N4O2. The number of rotatable bonds is 7. The van der Waals surface area contributed by atoms with Crippen molar-refractivity contribution in [1.29, 1.82) is 5.26 Å². The summed E-state index contributed by atoms with van der Waals surface area (Å²) in [5, 5.41) is 11.1. The summed E-state index contributed by atoms with van der Waals surface area (Å²) >= 11 is 0. The summed E-state index contributed by atoms with van der Waals surface area (Å²) in [6.45, 7) is 2.98. The number of likely N-dealkylation sites (N-methyl/N-ethyl adjacent to an activating group) is 2. The second-order valence-corrected chi connectivity index (χ2v) is 3.93. The lowest BCUT2D eigenvalue weighted by Gasteiger charge is -2.19. The van der Waals surface area contributed by atoms with Crippen LogP contribution in [0.2, 0.25) is 0 Å². The number of hydrogen-bond acceptors (Lipinski definition) is 4. The maximum absolute atomic E-state index is 11.6. The van der Waals surface area contributed by atoms with Crippen LogP contribution in [0, 0.1) is 11.3 Å². The Balaban J connectivity index is 3.97. The molecule has 0 atom stereocenters. The zero-order valence-electron chi connectivity index (χ0n) is 10.7. The van der Waals surface area contributed by atoms with Gasteiger partial charge in [0.1, 0.15) is 0 Å². The van der Waals surface area contributed by atoms with Gasteiger partial charge in [0, 0.05) is 13.6 Å². The highest BCUT2D eigenvalue weighted by Gasteiger charge is 2.14. The van der Waals surface area contributed by atoms with Crippen LogP contribution in [0.4, 0.5) is 0 Å². The molecule has 96 valence electrons. The molecule has 0 spiro atoms. The molecule has 0 aromatic heterocycles. The van der Waals surface area contributed by atoms with Crippen molar-refractivity contribution in [3.8, 4) is 6.07 Å². The van der Waals surface area contributed by atoms with Gasteiger partial charge in [0.05, 0.1) is 25.7 Å². The number of nitriles is 1. The molecule has 6 nitrogen and oxygen atoms in total. The van der Waals surface area contributed by atoms with Crippen LogP contribution in [-0.4, -0.2) is 61.9 Å². The largest absolute Gasteiger partial charge is 0.355 e. The number of amides is 2. The van der Waals surface area contributed by atoms with Crippen LogP contribution >= 0.6 is 0 Å². The Morgan fingerprint density at radius 2 is 1.94 bits per heavy atom. The lowest BCUT2D eigenvalue weighted by Crippen LogP contribution is -2.42. The monoisotopic (exact) mass is 240 g/mol. The van der Waals surface area contributed by atoms with E-state index in [-0.39, 0.29) is 31.4 Å². The first-order valence-corrected chi connectivity index (χ1v) is 5.57. The van der Waals surface area contributed by atoms with E-state index in [2.05, 4.69) is 5.32 Å². The Kier molecular flexibility index (Phi) is 7.72. The number of nitrogens with one attached hydrogen (secondary N) is 1. The van der Waals surface area contributed by atoms with Crippen molar-refractivity contribution in [2.24, 2.45) is 0 Å². The fraction of sp³-hybridized carbons (Fsp3) is 0.727. The highest BCUT2D eigenvalue weighted by molar-refractivity contribution is 5.85. The van der Waals surface area contributed by atoms with Crippen LogP contribution in [0.25, 0.3) is 0 Å². The third-order valence-electron chi connectivity index (χ3n) is 2.12. The average Bonchev–Trinajstić information content (AvgIpc) is 2.26. The minimum atomic E-state index is -0.172. The van der Waals surface area contributed by atoms with E-state index >= 15 is 0 Å². The van der Waals surface area contributed by atoms with E-state index in [4.69, 9.17) is 5.26 Å². The molecule has 0 unspecified atom stereocenters. The van der Waals surface area contributed by atoms with Crippen LogP contribution in [0.15, 0.2) is 0 Å². The summed E-state index contributed by atoms with van der Waals surface area (Å²) in [5.74, 6) is -0.333. The normalized spacial score (nSPS) is 9.82. The molecule has 0 aliphatic heterocycles. The molecule has 0 aromatic carbocycles. The van der Waals surface area contributed by atoms with Gasteiger partial charge in [-0.05, 0) is 13.5 Å². The van der Waals surface area contributed by atoms with Gasteiger partial charge in [-0.3, -0.25) is 14.5 Å². The maximum atomic E-state index is 11.6. The second-order valence-electron chi connectivity index (χ2n) is 3.93. The molecule has 0 rings (SSSR count). The van der Waals surface area contributed by atoms with Crippen molar-refractivity contribution in [2.75, 3.05) is 40.3 Å². The van der Waals surface area contributed by atoms with E-state index < -0.39 is 0 Å². The van der Waals surface area contributed by atoms with Crippen LogP contribution in [-0.2, 0) is 9.59 Å². The molecule has 0 saturated carbocycles. The first-order chi connectivity index (χ1) is 8.01. The molecule has 0 aromatic rings. The highest BCUT2D eigenvalue weighted by atomic mass is 16.2. The molecule has 0 fully saturated rings. The first-order valence-electron chi connectivity index (χ1n) is 5.57. The number of carbonyl (C=O) groups excluding carboxylic acids is 2. The van der Waals surface area contributed by atoms with Crippen molar-refractivity contribution in [3.05, 3.63) is 0 Å². The van der Waals surface area contributed by atoms with Crippen molar-refractivity contribution in [2.45, 2.75) is 13.3 Å². The standard InChI is InChI=1S/C11H20N4O2/c1-4-6-13-10(16)8-15(3)11(17)9-14(2)7-5-12/h4,6-9H2,1-3H3,(H,13,16). The van der Waals surface area contributed by atoms with Crippen molar-refractivity contribution >= 4 is 11.8 Å². The molecule has 1 N–H and O–H groups in total. The van der Waals surface area contributed by atoms with Crippen molar-refractivity contribution in [1.82, 2.24) is 15.1 Å². The maximum Gasteiger partial charge on any atom is 0.239 e. The summed E-state index contributed by atoms with van der Waals surface area (Å²) in [7, 11) is 3.26. The molecule has 0 bridgehead atoms. The topological polar surface area (TPSA) is 76.4 Å². The predicted molar refractivity (Wildman–Crippen MR) is 64.0 cm³/mol. The van der Waals surface area contributed by atoms with Gasteiger partial charge in [-0.15, -0.1) is 0 Å². The molecule has 0 radical (unpaired) electrons. The molecule has 2 amide bonds. The lowest BCUT2D eigenvalue weighted by atomic mass is 10.4. The fourth-order valence-corrected chi connectivity index (χ4v) is 1.15. The summed E-state index contributed by atoms with van der Waals surface area (Å²) in [4.78, 5) is 25.9. The molecule has 17 heavy (non-hydrogen) atoms. The Morgan fingerprint density at radius 3 is 2.47 bits per heavy atom. The van der Waals surface area contributed by atoms with E-state index in [1.165, 1.54) is 4.90 Å². The summed E-state index contributed by atoms with van der Waals surface area (Å²) in [6.07, 6.45) is 0.869. The lowest BCUT2D eigenvalue weighted by molar-refractivity contribution is -0.135. The Bertz CT molecular complexity index is 298. The molecule has 6 heteroatoms. The Morgan fingerprint density at radius 1 is 1.29 bits per heavy atom. The molecule has 0 saturated heterocycles. The highest BCUT2D eigenvalue weighted by Crippen LogP contribution is 1.89. The fourth-order valence-electron chi connectivity index (χ4n) is 1.15. The smallest absolute Gasteiger partial charge is 0.239 e. The average molecular weight is 240 g/mol. The zero-order chi connectivity index (χ0) is 13.3. The van der Waals surface area contributed by atoms with Crippen LogP contribution in [0.1, 0.15) is 13.3 Å². The summed E-state index contributed by atoms with van der Waals surface area (Å²) in [6, 6.07) is 1.96. The van der Waals surface area contributed by atoms with Crippen LogP contribution in [0.3, 0.4) is 0 Å². The number of nitrogens with zero attached hydrogens (tertiary/aromatic N) is 3. The number of hydrogen-bond donors (Lipinski definition) is 1. The van der Waals surface area contributed by atoms with E-state index in [9.17, 15) is 9.59 Å². The van der Waals surface area contributed by atoms with Gasteiger partial charge in [-0.25, -0.2) is 0 Å². The molecule has 0 aliphatic carbocycles.